The third-order valence-electron chi connectivity index (χ3n) is 8.96. The lowest BCUT2D eigenvalue weighted by Crippen LogP contribution is -2.47. The standard InChI is InChI=1S/C38H55N3O5/c1-25(2)46-30-13-11-12-29(24-30)33-35(45)41(38(10,40-33)22-18-26(3)37(7,8)9)31(19-21-36(4,5)6)27-14-16-28(17-15-27)34(44)39-23-20-32(42)43/h11-17,24-26,31H,18-23H2,1-10H3,(H,39,44)(H,42,43)/t26?,31-,38?/m1/s1. The summed E-state index contributed by atoms with van der Waals surface area (Å²) < 4.78 is 5.96. The van der Waals surface area contributed by atoms with Gasteiger partial charge in [0.2, 0.25) is 0 Å². The second-order valence-electron chi connectivity index (χ2n) is 15.5. The molecule has 2 N–H and O–H groups in total. The second-order valence-corrected chi connectivity index (χ2v) is 15.5. The Labute approximate surface area is 276 Å². The molecule has 0 radical (unpaired) electrons. The minimum absolute atomic E-state index is 0.00104. The molecule has 8 nitrogen and oxygen atoms in total. The Hall–Kier alpha value is -3.68. The number of carboxylic acid groups (broad SMARTS) is 1. The van der Waals surface area contributed by atoms with E-state index in [4.69, 9.17) is 14.8 Å². The number of carbonyl (C=O) groups is 3. The maximum absolute atomic E-state index is 14.6. The van der Waals surface area contributed by atoms with E-state index in [1.807, 2.05) is 55.1 Å². The lowest BCUT2D eigenvalue weighted by molar-refractivity contribution is -0.137. The smallest absolute Gasteiger partial charge is 0.305 e. The summed E-state index contributed by atoms with van der Waals surface area (Å²) in [5.41, 5.74) is 1.93. The number of aliphatic carboxylic acids is 1. The molecule has 1 heterocycles. The average molecular weight is 634 g/mol. The average Bonchev–Trinajstić information content (AvgIpc) is 3.21. The van der Waals surface area contributed by atoms with E-state index in [1.54, 1.807) is 12.1 Å². The topological polar surface area (TPSA) is 108 Å². The molecule has 0 fully saturated rings. The van der Waals surface area contributed by atoms with E-state index in [1.165, 1.54) is 0 Å². The Morgan fingerprint density at radius 3 is 2.22 bits per heavy atom. The van der Waals surface area contributed by atoms with Crippen LogP contribution in [0.15, 0.2) is 53.5 Å². The van der Waals surface area contributed by atoms with Gasteiger partial charge in [0, 0.05) is 17.7 Å². The fourth-order valence-electron chi connectivity index (χ4n) is 5.69. The van der Waals surface area contributed by atoms with E-state index < -0.39 is 11.6 Å². The van der Waals surface area contributed by atoms with Crippen molar-refractivity contribution in [3.63, 3.8) is 0 Å². The number of ether oxygens (including phenoxy) is 1. The Bertz CT molecular complexity index is 1400. The molecule has 3 atom stereocenters. The number of benzene rings is 2. The van der Waals surface area contributed by atoms with Crippen molar-refractivity contribution in [1.82, 2.24) is 10.2 Å². The van der Waals surface area contributed by atoms with Gasteiger partial charge in [-0.1, -0.05) is 72.7 Å². The highest BCUT2D eigenvalue weighted by Gasteiger charge is 2.48. The Morgan fingerprint density at radius 1 is 1.00 bits per heavy atom. The van der Waals surface area contributed by atoms with Gasteiger partial charge in [0.1, 0.15) is 17.1 Å². The van der Waals surface area contributed by atoms with Gasteiger partial charge in [-0.15, -0.1) is 0 Å². The molecule has 2 aromatic carbocycles. The lowest BCUT2D eigenvalue weighted by atomic mass is 9.78. The molecular formula is C38H55N3O5. The highest BCUT2D eigenvalue weighted by molar-refractivity contribution is 6.46. The van der Waals surface area contributed by atoms with Gasteiger partial charge < -0.3 is 20.1 Å². The van der Waals surface area contributed by atoms with Crippen molar-refractivity contribution in [2.45, 2.75) is 119 Å². The van der Waals surface area contributed by atoms with Crippen molar-refractivity contribution in [3.05, 3.63) is 65.2 Å². The highest BCUT2D eigenvalue weighted by Crippen LogP contribution is 2.43. The molecule has 0 aromatic heterocycles. The number of carbonyl (C=O) groups excluding carboxylic acids is 2. The van der Waals surface area contributed by atoms with Gasteiger partial charge >= 0.3 is 5.97 Å². The molecule has 2 aromatic rings. The zero-order chi connectivity index (χ0) is 34.4. The molecule has 1 aliphatic heterocycles. The highest BCUT2D eigenvalue weighted by atomic mass is 16.5. The Kier molecular flexibility index (Phi) is 11.9. The Morgan fingerprint density at radius 2 is 1.65 bits per heavy atom. The number of amides is 2. The predicted molar refractivity (Wildman–Crippen MR) is 184 cm³/mol. The van der Waals surface area contributed by atoms with Crippen LogP contribution in [0.1, 0.15) is 129 Å². The predicted octanol–water partition coefficient (Wildman–Crippen LogP) is 8.06. The lowest BCUT2D eigenvalue weighted by Gasteiger charge is -2.41. The van der Waals surface area contributed by atoms with Crippen LogP contribution in [0.4, 0.5) is 0 Å². The van der Waals surface area contributed by atoms with Gasteiger partial charge in [0.05, 0.1) is 18.6 Å². The first-order chi connectivity index (χ1) is 21.3. The van der Waals surface area contributed by atoms with Gasteiger partial charge in [-0.2, -0.15) is 0 Å². The molecule has 46 heavy (non-hydrogen) atoms. The van der Waals surface area contributed by atoms with Gasteiger partial charge in [0.15, 0.2) is 0 Å². The van der Waals surface area contributed by atoms with Crippen LogP contribution in [0.25, 0.3) is 0 Å². The SMILES string of the molecule is CC(C)Oc1cccc(C2=NC(C)(CCC(C)C(C)(C)C)N([C@H](CCC(C)(C)C)c3ccc(C(=O)NCCC(=O)O)cc3)C2=O)c1. The number of hydrogen-bond donors (Lipinski definition) is 2. The number of nitrogens with zero attached hydrogens (tertiary/aromatic N) is 2. The molecule has 0 spiro atoms. The van der Waals surface area contributed by atoms with Crippen molar-refractivity contribution in [2.24, 2.45) is 21.7 Å². The van der Waals surface area contributed by atoms with Crippen molar-refractivity contribution >= 4 is 23.5 Å². The molecule has 0 bridgehead atoms. The Balaban J connectivity index is 2.06. The zero-order valence-corrected chi connectivity index (χ0v) is 29.6. The normalized spacial score (nSPS) is 18.4. The summed E-state index contributed by atoms with van der Waals surface area (Å²) in [6.07, 6.45) is 3.07. The molecular weight excluding hydrogens is 578 g/mol. The van der Waals surface area contributed by atoms with Gasteiger partial charge in [-0.25, -0.2) is 0 Å². The summed E-state index contributed by atoms with van der Waals surface area (Å²) in [6, 6.07) is 14.7. The van der Waals surface area contributed by atoms with Crippen LogP contribution >= 0.6 is 0 Å². The molecule has 2 amide bonds. The first kappa shape index (κ1) is 36.8. The van der Waals surface area contributed by atoms with Crippen molar-refractivity contribution in [1.29, 1.82) is 0 Å². The molecule has 0 saturated carbocycles. The molecule has 1 aliphatic rings. The second kappa shape index (κ2) is 14.8. The van der Waals surface area contributed by atoms with Crippen LogP contribution in [0.2, 0.25) is 0 Å². The van der Waals surface area contributed by atoms with E-state index in [2.05, 4.69) is 60.7 Å². The van der Waals surface area contributed by atoms with Gasteiger partial charge in [-0.3, -0.25) is 19.4 Å². The third-order valence-corrected chi connectivity index (χ3v) is 8.96. The minimum Gasteiger partial charge on any atom is -0.491 e. The van der Waals surface area contributed by atoms with Gasteiger partial charge in [-0.05, 0) is 93.0 Å². The summed E-state index contributed by atoms with van der Waals surface area (Å²) >= 11 is 0. The van der Waals surface area contributed by atoms with E-state index in [0.29, 0.717) is 29.4 Å². The van der Waals surface area contributed by atoms with Crippen LogP contribution in [0, 0.1) is 16.7 Å². The molecule has 0 saturated heterocycles. The quantitative estimate of drug-likeness (QED) is 0.219. The number of hydrogen-bond acceptors (Lipinski definition) is 5. The molecule has 0 aliphatic carbocycles. The van der Waals surface area contributed by atoms with E-state index in [-0.39, 0.29) is 47.8 Å². The van der Waals surface area contributed by atoms with Crippen LogP contribution in [0.5, 0.6) is 5.75 Å². The molecule has 2 unspecified atom stereocenters. The van der Waals surface area contributed by atoms with Gasteiger partial charge in [0.25, 0.3) is 11.8 Å². The molecule has 3 rings (SSSR count). The zero-order valence-electron chi connectivity index (χ0n) is 29.6. The van der Waals surface area contributed by atoms with Crippen molar-refractivity contribution in [3.8, 4) is 5.75 Å². The summed E-state index contributed by atoms with van der Waals surface area (Å²) in [4.78, 5) is 45.4. The number of aliphatic imine (C=N–C) groups is 1. The van der Waals surface area contributed by atoms with Crippen LogP contribution in [0.3, 0.4) is 0 Å². The minimum atomic E-state index is -0.965. The maximum atomic E-state index is 14.6. The largest absolute Gasteiger partial charge is 0.491 e. The first-order valence-corrected chi connectivity index (χ1v) is 16.6. The fourth-order valence-corrected chi connectivity index (χ4v) is 5.69. The summed E-state index contributed by atoms with van der Waals surface area (Å²) in [5, 5.41) is 11.6. The first-order valence-electron chi connectivity index (χ1n) is 16.6. The molecule has 252 valence electrons. The van der Waals surface area contributed by atoms with Crippen molar-refractivity contribution in [2.75, 3.05) is 6.54 Å². The van der Waals surface area contributed by atoms with E-state index in [0.717, 1.165) is 30.4 Å². The number of carboxylic acids is 1. The van der Waals surface area contributed by atoms with E-state index >= 15 is 0 Å². The van der Waals surface area contributed by atoms with Crippen LogP contribution < -0.4 is 10.1 Å². The van der Waals surface area contributed by atoms with Crippen LogP contribution in [-0.2, 0) is 9.59 Å². The number of nitrogens with one attached hydrogen (secondary N) is 1. The third kappa shape index (κ3) is 9.91. The molecule has 8 heteroatoms. The van der Waals surface area contributed by atoms with E-state index in [9.17, 15) is 14.4 Å². The fraction of sp³-hybridized carbons (Fsp3) is 0.579. The van der Waals surface area contributed by atoms with Crippen molar-refractivity contribution < 1.29 is 24.2 Å². The maximum Gasteiger partial charge on any atom is 0.305 e. The summed E-state index contributed by atoms with van der Waals surface area (Å²) in [6.45, 7) is 21.7. The monoisotopic (exact) mass is 633 g/mol. The summed E-state index contributed by atoms with van der Waals surface area (Å²) in [7, 11) is 0. The number of rotatable bonds is 14. The summed E-state index contributed by atoms with van der Waals surface area (Å²) in [5.74, 6) is -0.289. The van der Waals surface area contributed by atoms with Crippen LogP contribution in [-0.4, -0.2) is 51.8 Å².